The van der Waals surface area contributed by atoms with Crippen molar-refractivity contribution in [2.75, 3.05) is 7.05 Å². The molecule has 9 heteroatoms. The lowest BCUT2D eigenvalue weighted by molar-refractivity contribution is 0.225. The van der Waals surface area contributed by atoms with Gasteiger partial charge in [0.1, 0.15) is 5.76 Å². The van der Waals surface area contributed by atoms with Crippen molar-refractivity contribution in [1.82, 2.24) is 23.6 Å². The molecule has 3 heterocycles. The third kappa shape index (κ3) is 3.34. The number of fused-ring (bicyclic) bond motifs is 3. The molecule has 0 bridgehead atoms. The Morgan fingerprint density at radius 1 is 1.25 bits per heavy atom. The molecule has 0 spiro atoms. The van der Waals surface area contributed by atoms with E-state index in [0.717, 1.165) is 17.7 Å². The minimum absolute atomic E-state index is 0.0362. The van der Waals surface area contributed by atoms with Crippen molar-refractivity contribution in [2.45, 2.75) is 33.1 Å². The molecule has 0 fully saturated rings. The molecule has 0 radical (unpaired) electrons. The standard InChI is InChI=1S/C19H20BrN5O2S/c1-3-10-23-17(26)14-6-4-5-7-15(14)25-18(23)21-24(19(25)28)12-22(2)11-13-8-9-16(20)27-13/h4-9H,3,10-12H2,1-2H3. The lowest BCUT2D eigenvalue weighted by Gasteiger charge is -2.14. The van der Waals surface area contributed by atoms with Crippen LogP contribution in [0.2, 0.25) is 0 Å². The Balaban J connectivity index is 1.81. The number of para-hydroxylation sites is 1. The normalized spacial score (nSPS) is 11.9. The molecule has 0 saturated carbocycles. The number of aromatic nitrogens is 4. The number of aryl methyl sites for hydroxylation is 1. The van der Waals surface area contributed by atoms with Crippen LogP contribution in [0.4, 0.5) is 0 Å². The maximum Gasteiger partial charge on any atom is 0.262 e. The van der Waals surface area contributed by atoms with E-state index in [-0.39, 0.29) is 5.56 Å². The van der Waals surface area contributed by atoms with Gasteiger partial charge in [0.2, 0.25) is 10.5 Å². The van der Waals surface area contributed by atoms with E-state index in [1.807, 2.05) is 54.8 Å². The van der Waals surface area contributed by atoms with Crippen molar-refractivity contribution < 1.29 is 4.42 Å². The van der Waals surface area contributed by atoms with Gasteiger partial charge in [0, 0.05) is 6.54 Å². The molecule has 146 valence electrons. The number of halogens is 1. The fourth-order valence-electron chi connectivity index (χ4n) is 3.37. The van der Waals surface area contributed by atoms with E-state index in [2.05, 4.69) is 25.9 Å². The number of rotatable bonds is 6. The average Bonchev–Trinajstić information content (AvgIpc) is 3.22. The number of nitrogens with zero attached hydrogens (tertiary/aromatic N) is 5. The third-order valence-electron chi connectivity index (χ3n) is 4.56. The van der Waals surface area contributed by atoms with E-state index in [9.17, 15) is 4.79 Å². The maximum atomic E-state index is 13.0. The summed E-state index contributed by atoms with van der Waals surface area (Å²) in [4.78, 5) is 15.0. The zero-order valence-corrected chi connectivity index (χ0v) is 18.0. The molecule has 7 nitrogen and oxygen atoms in total. The van der Waals surface area contributed by atoms with Crippen LogP contribution in [-0.4, -0.2) is 30.7 Å². The lowest BCUT2D eigenvalue weighted by atomic mass is 10.2. The summed E-state index contributed by atoms with van der Waals surface area (Å²) in [7, 11) is 1.97. The van der Waals surface area contributed by atoms with Gasteiger partial charge in [-0.1, -0.05) is 19.1 Å². The number of hydrogen-bond donors (Lipinski definition) is 0. The second-order valence-corrected chi connectivity index (χ2v) is 7.90. The van der Waals surface area contributed by atoms with Gasteiger partial charge in [-0.15, -0.1) is 5.10 Å². The van der Waals surface area contributed by atoms with Crippen molar-refractivity contribution in [1.29, 1.82) is 0 Å². The van der Waals surface area contributed by atoms with Crippen LogP contribution in [0.15, 0.2) is 50.3 Å². The Bertz CT molecular complexity index is 1270. The predicted octanol–water partition coefficient (Wildman–Crippen LogP) is 4.04. The predicted molar refractivity (Wildman–Crippen MR) is 114 cm³/mol. The van der Waals surface area contributed by atoms with Gasteiger partial charge in [-0.2, -0.15) is 0 Å². The number of hydrogen-bond acceptors (Lipinski definition) is 5. The highest BCUT2D eigenvalue weighted by Crippen LogP contribution is 2.17. The molecule has 4 aromatic rings. The summed E-state index contributed by atoms with van der Waals surface area (Å²) in [6.45, 7) is 3.73. The minimum Gasteiger partial charge on any atom is -0.453 e. The molecular formula is C19H20BrN5O2S. The van der Waals surface area contributed by atoms with Crippen molar-refractivity contribution in [3.05, 3.63) is 62.0 Å². The molecule has 0 atom stereocenters. The van der Waals surface area contributed by atoms with E-state index in [1.165, 1.54) is 0 Å². The molecule has 0 aliphatic carbocycles. The second kappa shape index (κ2) is 7.65. The highest BCUT2D eigenvalue weighted by Gasteiger charge is 2.16. The molecule has 3 aromatic heterocycles. The van der Waals surface area contributed by atoms with Gasteiger partial charge in [-0.25, -0.2) is 4.68 Å². The third-order valence-corrected chi connectivity index (χ3v) is 5.38. The second-order valence-electron chi connectivity index (χ2n) is 6.75. The van der Waals surface area contributed by atoms with Gasteiger partial charge >= 0.3 is 0 Å². The van der Waals surface area contributed by atoms with Crippen LogP contribution in [-0.2, 0) is 19.8 Å². The summed E-state index contributed by atoms with van der Waals surface area (Å²) in [5.74, 6) is 1.42. The van der Waals surface area contributed by atoms with Crippen LogP contribution >= 0.6 is 28.1 Å². The largest absolute Gasteiger partial charge is 0.453 e. The molecular weight excluding hydrogens is 442 g/mol. The first-order valence-electron chi connectivity index (χ1n) is 9.03. The van der Waals surface area contributed by atoms with Gasteiger partial charge in [0.15, 0.2) is 4.67 Å². The Kier molecular flexibility index (Phi) is 5.22. The molecule has 0 aliphatic rings. The molecule has 0 unspecified atom stereocenters. The first-order valence-corrected chi connectivity index (χ1v) is 10.2. The first kappa shape index (κ1) is 19.1. The zero-order valence-electron chi connectivity index (χ0n) is 15.6. The summed E-state index contributed by atoms with van der Waals surface area (Å²) < 4.78 is 12.2. The molecule has 0 amide bonds. The SMILES string of the molecule is CCCn1c(=O)c2ccccc2n2c(=S)n(CN(C)Cc3ccc(Br)o3)nc12. The summed E-state index contributed by atoms with van der Waals surface area (Å²) in [5.41, 5.74) is 0.745. The molecule has 4 rings (SSSR count). The van der Waals surface area contributed by atoms with E-state index in [0.29, 0.717) is 40.4 Å². The summed E-state index contributed by atoms with van der Waals surface area (Å²) in [6, 6.07) is 11.3. The Morgan fingerprint density at radius 2 is 2.04 bits per heavy atom. The van der Waals surface area contributed by atoms with Gasteiger partial charge in [-0.05, 0) is 65.9 Å². The average molecular weight is 462 g/mol. The van der Waals surface area contributed by atoms with Crippen LogP contribution in [0.5, 0.6) is 0 Å². The fraction of sp³-hybridized carbons (Fsp3) is 0.316. The summed E-state index contributed by atoms with van der Waals surface area (Å²) in [6.07, 6.45) is 0.834. The lowest BCUT2D eigenvalue weighted by Crippen LogP contribution is -2.23. The molecule has 28 heavy (non-hydrogen) atoms. The van der Waals surface area contributed by atoms with Crippen molar-refractivity contribution in [3.63, 3.8) is 0 Å². The van der Waals surface area contributed by atoms with Gasteiger partial charge in [-0.3, -0.25) is 18.7 Å². The molecule has 0 aliphatic heterocycles. The first-order chi connectivity index (χ1) is 13.5. The van der Waals surface area contributed by atoms with Gasteiger partial charge < -0.3 is 4.42 Å². The number of benzene rings is 1. The quantitative estimate of drug-likeness (QED) is 0.405. The van der Waals surface area contributed by atoms with Crippen LogP contribution in [0.25, 0.3) is 16.7 Å². The van der Waals surface area contributed by atoms with E-state index in [1.54, 1.807) is 9.25 Å². The van der Waals surface area contributed by atoms with Crippen LogP contribution in [0.1, 0.15) is 19.1 Å². The van der Waals surface area contributed by atoms with Crippen molar-refractivity contribution in [3.8, 4) is 0 Å². The Morgan fingerprint density at radius 3 is 2.75 bits per heavy atom. The topological polar surface area (TPSA) is 60.6 Å². The van der Waals surface area contributed by atoms with Crippen LogP contribution < -0.4 is 5.56 Å². The smallest absolute Gasteiger partial charge is 0.262 e. The summed E-state index contributed by atoms with van der Waals surface area (Å²) >= 11 is 9.04. The van der Waals surface area contributed by atoms with Crippen molar-refractivity contribution in [2.24, 2.45) is 0 Å². The summed E-state index contributed by atoms with van der Waals surface area (Å²) in [5, 5.41) is 5.33. The molecule has 1 aromatic carbocycles. The maximum absolute atomic E-state index is 13.0. The highest BCUT2D eigenvalue weighted by atomic mass is 79.9. The zero-order chi connectivity index (χ0) is 19.8. The molecule has 0 N–H and O–H groups in total. The Hall–Kier alpha value is -2.23. The highest BCUT2D eigenvalue weighted by molar-refractivity contribution is 9.10. The number of furan rings is 1. The van der Waals surface area contributed by atoms with Crippen LogP contribution in [0.3, 0.4) is 0 Å². The van der Waals surface area contributed by atoms with E-state index < -0.39 is 0 Å². The van der Waals surface area contributed by atoms with E-state index in [4.69, 9.17) is 16.6 Å². The Labute approximate surface area is 174 Å². The van der Waals surface area contributed by atoms with Crippen LogP contribution in [0, 0.1) is 4.77 Å². The van der Waals surface area contributed by atoms with Crippen molar-refractivity contribution >= 4 is 44.8 Å². The minimum atomic E-state index is -0.0362. The van der Waals surface area contributed by atoms with E-state index >= 15 is 0 Å². The van der Waals surface area contributed by atoms with Gasteiger partial charge in [0.25, 0.3) is 5.56 Å². The van der Waals surface area contributed by atoms with Gasteiger partial charge in [0.05, 0.1) is 24.1 Å². The monoisotopic (exact) mass is 461 g/mol. The molecule has 0 saturated heterocycles. The fourth-order valence-corrected chi connectivity index (χ4v) is 3.98.